The minimum absolute atomic E-state index is 0.163. The van der Waals surface area contributed by atoms with Gasteiger partial charge < -0.3 is 15.2 Å². The van der Waals surface area contributed by atoms with Gasteiger partial charge in [0.05, 0.1) is 11.1 Å². The first kappa shape index (κ1) is 16.8. The van der Waals surface area contributed by atoms with Crippen molar-refractivity contribution in [2.45, 2.75) is 13.0 Å². The molecular formula is C17H15ClN2O3. The van der Waals surface area contributed by atoms with Gasteiger partial charge in [0.1, 0.15) is 23.1 Å². The van der Waals surface area contributed by atoms with Gasteiger partial charge >= 0.3 is 0 Å². The van der Waals surface area contributed by atoms with E-state index in [4.69, 9.17) is 21.6 Å². The number of aliphatic hydroxyl groups is 1. The number of nitrogens with zero attached hydrogens (tertiary/aromatic N) is 1. The maximum atomic E-state index is 12.0. The number of halogens is 1. The molecule has 0 spiro atoms. The first-order valence-corrected chi connectivity index (χ1v) is 7.32. The van der Waals surface area contributed by atoms with Gasteiger partial charge in [0, 0.05) is 12.1 Å². The lowest BCUT2D eigenvalue weighted by Crippen LogP contribution is -2.30. The molecule has 118 valence electrons. The van der Waals surface area contributed by atoms with Gasteiger partial charge in [0.25, 0.3) is 5.91 Å². The van der Waals surface area contributed by atoms with Crippen LogP contribution in [0.2, 0.25) is 5.02 Å². The van der Waals surface area contributed by atoms with Gasteiger partial charge in [-0.25, -0.2) is 0 Å². The van der Waals surface area contributed by atoms with Crippen LogP contribution >= 0.6 is 11.6 Å². The number of nitriles is 1. The smallest absolute Gasteiger partial charge is 0.251 e. The molecule has 1 unspecified atom stereocenters. The summed E-state index contributed by atoms with van der Waals surface area (Å²) in [4.78, 5) is 12.0. The Balaban J connectivity index is 2.20. The Bertz CT molecular complexity index is 754. The Morgan fingerprint density at radius 3 is 2.83 bits per heavy atom. The monoisotopic (exact) mass is 330 g/mol. The predicted molar refractivity (Wildman–Crippen MR) is 86.7 cm³/mol. The maximum absolute atomic E-state index is 12.0. The molecule has 0 aliphatic rings. The van der Waals surface area contributed by atoms with Crippen molar-refractivity contribution in [1.29, 1.82) is 5.26 Å². The van der Waals surface area contributed by atoms with Crippen molar-refractivity contribution in [2.75, 3.05) is 6.54 Å². The average molecular weight is 331 g/mol. The first-order valence-electron chi connectivity index (χ1n) is 6.94. The molecule has 0 saturated heterocycles. The average Bonchev–Trinajstić information content (AvgIpc) is 2.53. The summed E-state index contributed by atoms with van der Waals surface area (Å²) in [5.41, 5.74) is 0.627. The van der Waals surface area contributed by atoms with E-state index in [9.17, 15) is 9.90 Å². The van der Waals surface area contributed by atoms with Crippen molar-refractivity contribution < 1.29 is 14.6 Å². The molecule has 5 nitrogen and oxygen atoms in total. The lowest BCUT2D eigenvalue weighted by atomic mass is 10.2. The minimum atomic E-state index is -0.622. The van der Waals surface area contributed by atoms with Crippen LogP contribution in [0.15, 0.2) is 42.5 Å². The van der Waals surface area contributed by atoms with Crippen molar-refractivity contribution in [1.82, 2.24) is 5.32 Å². The Morgan fingerprint density at radius 1 is 1.39 bits per heavy atom. The van der Waals surface area contributed by atoms with E-state index in [0.717, 1.165) is 0 Å². The Kier molecular flexibility index (Phi) is 5.58. The number of hydrogen-bond donors (Lipinski definition) is 2. The van der Waals surface area contributed by atoms with Crippen molar-refractivity contribution in [3.8, 4) is 17.6 Å². The van der Waals surface area contributed by atoms with Crippen LogP contribution in [0, 0.1) is 11.3 Å². The first-order chi connectivity index (χ1) is 11.0. The number of hydrogen-bond acceptors (Lipinski definition) is 4. The highest BCUT2D eigenvalue weighted by atomic mass is 35.5. The molecule has 2 rings (SSSR count). The number of nitrogens with one attached hydrogen (secondary N) is 1. The number of carbonyl (C=O) groups is 1. The predicted octanol–water partition coefficient (Wildman–Crippen LogP) is 3.11. The summed E-state index contributed by atoms with van der Waals surface area (Å²) < 4.78 is 5.66. The summed E-state index contributed by atoms with van der Waals surface area (Å²) in [6, 6.07) is 13.4. The third kappa shape index (κ3) is 4.46. The number of aliphatic hydroxyl groups excluding tert-OH is 1. The highest BCUT2D eigenvalue weighted by Gasteiger charge is 2.11. The Hall–Kier alpha value is -2.55. The van der Waals surface area contributed by atoms with E-state index in [1.807, 2.05) is 6.07 Å². The van der Waals surface area contributed by atoms with Crippen LogP contribution in [0.4, 0.5) is 0 Å². The third-order valence-electron chi connectivity index (χ3n) is 2.97. The van der Waals surface area contributed by atoms with E-state index in [-0.39, 0.29) is 18.0 Å². The van der Waals surface area contributed by atoms with E-state index >= 15 is 0 Å². The summed E-state index contributed by atoms with van der Waals surface area (Å²) in [6.45, 7) is 1.75. The number of carbonyl (C=O) groups excluding carboxylic acids is 1. The van der Waals surface area contributed by atoms with Gasteiger partial charge in [0.2, 0.25) is 0 Å². The molecule has 23 heavy (non-hydrogen) atoms. The van der Waals surface area contributed by atoms with E-state index in [2.05, 4.69) is 5.32 Å². The van der Waals surface area contributed by atoms with Crippen LogP contribution in [0.5, 0.6) is 11.5 Å². The summed E-state index contributed by atoms with van der Waals surface area (Å²) in [6.07, 6.45) is -0.622. The van der Waals surface area contributed by atoms with Gasteiger partial charge in [-0.05, 0) is 37.3 Å². The molecule has 2 aromatic carbocycles. The molecule has 0 aromatic heterocycles. The van der Waals surface area contributed by atoms with Crippen LogP contribution < -0.4 is 10.1 Å². The van der Waals surface area contributed by atoms with Gasteiger partial charge in [-0.2, -0.15) is 5.26 Å². The molecule has 0 fully saturated rings. The van der Waals surface area contributed by atoms with Crippen LogP contribution in [-0.4, -0.2) is 23.7 Å². The topological polar surface area (TPSA) is 82.3 Å². The van der Waals surface area contributed by atoms with Gasteiger partial charge in [-0.1, -0.05) is 23.7 Å². The number of ether oxygens (including phenoxy) is 1. The molecule has 0 bridgehead atoms. The van der Waals surface area contributed by atoms with E-state index in [1.165, 1.54) is 0 Å². The van der Waals surface area contributed by atoms with Crippen molar-refractivity contribution >= 4 is 17.5 Å². The van der Waals surface area contributed by atoms with Crippen molar-refractivity contribution in [3.05, 3.63) is 58.6 Å². The Morgan fingerprint density at radius 2 is 2.13 bits per heavy atom. The van der Waals surface area contributed by atoms with Crippen LogP contribution in [0.3, 0.4) is 0 Å². The summed E-state index contributed by atoms with van der Waals surface area (Å²) >= 11 is 5.96. The molecule has 0 radical (unpaired) electrons. The highest BCUT2D eigenvalue weighted by molar-refractivity contribution is 6.31. The van der Waals surface area contributed by atoms with E-state index in [0.29, 0.717) is 22.1 Å². The molecule has 2 N–H and O–H groups in total. The molecule has 0 heterocycles. The van der Waals surface area contributed by atoms with Crippen LogP contribution in [0.1, 0.15) is 22.8 Å². The second-order valence-corrected chi connectivity index (χ2v) is 5.32. The molecular weight excluding hydrogens is 316 g/mol. The third-order valence-corrected chi connectivity index (χ3v) is 3.28. The number of amides is 1. The molecule has 0 aliphatic carbocycles. The zero-order chi connectivity index (χ0) is 16.8. The maximum Gasteiger partial charge on any atom is 0.251 e. The zero-order valence-electron chi connectivity index (χ0n) is 12.4. The fourth-order valence-electron chi connectivity index (χ4n) is 1.87. The fraction of sp³-hybridized carbons (Fsp3) is 0.176. The largest absolute Gasteiger partial charge is 0.456 e. The second kappa shape index (κ2) is 7.63. The van der Waals surface area contributed by atoms with Gasteiger partial charge in [-0.15, -0.1) is 0 Å². The molecule has 6 heteroatoms. The SMILES string of the molecule is CC(O)CNC(=O)c1cccc(Oc2cccc(Cl)c2C#N)c1. The zero-order valence-corrected chi connectivity index (χ0v) is 13.2. The van der Waals surface area contributed by atoms with E-state index < -0.39 is 6.10 Å². The number of rotatable bonds is 5. The lowest BCUT2D eigenvalue weighted by molar-refractivity contribution is 0.0923. The minimum Gasteiger partial charge on any atom is -0.456 e. The molecule has 2 aromatic rings. The van der Waals surface area contributed by atoms with E-state index in [1.54, 1.807) is 49.4 Å². The normalized spacial score (nSPS) is 11.4. The lowest BCUT2D eigenvalue weighted by Gasteiger charge is -2.10. The summed E-state index contributed by atoms with van der Waals surface area (Å²) in [5, 5.41) is 21.2. The molecule has 0 aliphatic heterocycles. The van der Waals surface area contributed by atoms with Crippen LogP contribution in [0.25, 0.3) is 0 Å². The molecule has 1 amide bonds. The summed E-state index contributed by atoms with van der Waals surface area (Å²) in [7, 11) is 0. The standard InChI is InChI=1S/C17H15ClN2O3/c1-11(21)10-20-17(22)12-4-2-5-13(8-12)23-16-7-3-6-15(18)14(16)9-19/h2-8,11,21H,10H2,1H3,(H,20,22). The fourth-order valence-corrected chi connectivity index (χ4v) is 2.08. The quantitative estimate of drug-likeness (QED) is 0.882. The van der Waals surface area contributed by atoms with Gasteiger partial charge in [0.15, 0.2) is 0 Å². The summed E-state index contributed by atoms with van der Waals surface area (Å²) in [5.74, 6) is 0.415. The number of benzene rings is 2. The second-order valence-electron chi connectivity index (χ2n) is 4.91. The molecule has 0 saturated carbocycles. The Labute approximate surface area is 139 Å². The van der Waals surface area contributed by atoms with Gasteiger partial charge in [-0.3, -0.25) is 4.79 Å². The van der Waals surface area contributed by atoms with Crippen molar-refractivity contribution in [3.63, 3.8) is 0 Å². The van der Waals surface area contributed by atoms with Crippen molar-refractivity contribution in [2.24, 2.45) is 0 Å². The molecule has 1 atom stereocenters. The van der Waals surface area contributed by atoms with Crippen LogP contribution in [-0.2, 0) is 0 Å². The highest BCUT2D eigenvalue weighted by Crippen LogP contribution is 2.30.